The first-order chi connectivity index (χ1) is 8.83. The Labute approximate surface area is 117 Å². The highest BCUT2D eigenvalue weighted by Gasteiger charge is 2.23. The monoisotopic (exact) mass is 286 g/mol. The summed E-state index contributed by atoms with van der Waals surface area (Å²) in [6.45, 7) is 5.93. The van der Waals surface area contributed by atoms with Crippen LogP contribution in [0.5, 0.6) is 0 Å². The van der Waals surface area contributed by atoms with E-state index in [0.29, 0.717) is 35.7 Å². The van der Waals surface area contributed by atoms with Crippen molar-refractivity contribution < 1.29 is 10.0 Å². The van der Waals surface area contributed by atoms with Crippen LogP contribution in [0.2, 0.25) is 5.02 Å². The smallest absolute Gasteiger partial charge is 0.271 e. The molecule has 0 spiro atoms. The Morgan fingerprint density at radius 1 is 1.42 bits per heavy atom. The van der Waals surface area contributed by atoms with Gasteiger partial charge in [-0.3, -0.25) is 10.1 Å². The van der Waals surface area contributed by atoms with Gasteiger partial charge in [-0.25, -0.2) is 0 Å². The first kappa shape index (κ1) is 15.7. The Hall–Kier alpha value is -1.33. The molecule has 1 aromatic carbocycles. The van der Waals surface area contributed by atoms with Crippen molar-refractivity contribution in [3.8, 4) is 0 Å². The lowest BCUT2D eigenvalue weighted by atomic mass is 9.97. The molecule has 0 radical (unpaired) electrons. The number of benzene rings is 1. The van der Waals surface area contributed by atoms with Crippen molar-refractivity contribution in [2.45, 2.75) is 39.2 Å². The second kappa shape index (κ2) is 6.21. The Morgan fingerprint density at radius 2 is 2.00 bits per heavy atom. The predicted octanol–water partition coefficient (Wildman–Crippen LogP) is 3.52. The lowest BCUT2D eigenvalue weighted by Gasteiger charge is -2.26. The van der Waals surface area contributed by atoms with Crippen molar-refractivity contribution >= 4 is 23.0 Å². The van der Waals surface area contributed by atoms with Crippen molar-refractivity contribution in [2.75, 3.05) is 11.9 Å². The Kier molecular flexibility index (Phi) is 5.14. The molecule has 2 N–H and O–H groups in total. The maximum Gasteiger partial charge on any atom is 0.271 e. The van der Waals surface area contributed by atoms with Gasteiger partial charge in [0.1, 0.15) is 0 Å². The summed E-state index contributed by atoms with van der Waals surface area (Å²) < 4.78 is 0. The van der Waals surface area contributed by atoms with Crippen LogP contribution in [0, 0.1) is 17.0 Å². The zero-order valence-corrected chi connectivity index (χ0v) is 12.1. The molecule has 106 valence electrons. The number of aryl methyl sites for hydroxylation is 1. The van der Waals surface area contributed by atoms with Crippen LogP contribution in [0.4, 0.5) is 11.4 Å². The van der Waals surface area contributed by atoms with Crippen molar-refractivity contribution in [2.24, 2.45) is 0 Å². The second-order valence-corrected chi connectivity index (χ2v) is 5.07. The van der Waals surface area contributed by atoms with Gasteiger partial charge in [0.25, 0.3) is 5.69 Å². The van der Waals surface area contributed by atoms with Gasteiger partial charge in [0.05, 0.1) is 21.2 Å². The normalized spacial score (nSPS) is 11.4. The third-order valence-electron chi connectivity index (χ3n) is 3.39. The van der Waals surface area contributed by atoms with Gasteiger partial charge >= 0.3 is 0 Å². The van der Waals surface area contributed by atoms with E-state index >= 15 is 0 Å². The molecule has 6 heteroatoms. The zero-order valence-electron chi connectivity index (χ0n) is 11.4. The summed E-state index contributed by atoms with van der Waals surface area (Å²) in [5, 5.41) is 24.3. The van der Waals surface area contributed by atoms with E-state index in [9.17, 15) is 15.2 Å². The van der Waals surface area contributed by atoms with Gasteiger partial charge in [0, 0.05) is 18.7 Å². The SMILES string of the molecule is CCC(O)(CC)CNc1c(C)cc([N+](=O)[O-])cc1Cl. The maximum atomic E-state index is 10.7. The van der Waals surface area contributed by atoms with E-state index in [1.165, 1.54) is 12.1 Å². The third kappa shape index (κ3) is 3.81. The van der Waals surface area contributed by atoms with Gasteiger partial charge in [-0.1, -0.05) is 25.4 Å². The van der Waals surface area contributed by atoms with E-state index in [4.69, 9.17) is 11.6 Å². The molecule has 0 atom stereocenters. The molecule has 1 aromatic rings. The van der Waals surface area contributed by atoms with Crippen molar-refractivity contribution in [1.29, 1.82) is 0 Å². The fraction of sp³-hybridized carbons (Fsp3) is 0.538. The molecule has 1 rings (SSSR count). The van der Waals surface area contributed by atoms with Gasteiger partial charge in [-0.05, 0) is 25.3 Å². The first-order valence-corrected chi connectivity index (χ1v) is 6.61. The zero-order chi connectivity index (χ0) is 14.6. The fourth-order valence-electron chi connectivity index (χ4n) is 1.81. The number of rotatable bonds is 6. The molecule has 0 bridgehead atoms. The number of halogens is 1. The summed E-state index contributed by atoms with van der Waals surface area (Å²) in [7, 11) is 0. The number of aliphatic hydroxyl groups is 1. The average molecular weight is 287 g/mol. The van der Waals surface area contributed by atoms with Crippen LogP contribution in [-0.2, 0) is 0 Å². The van der Waals surface area contributed by atoms with Crippen LogP contribution in [0.15, 0.2) is 12.1 Å². The highest BCUT2D eigenvalue weighted by molar-refractivity contribution is 6.33. The minimum atomic E-state index is -0.794. The van der Waals surface area contributed by atoms with Crippen LogP contribution in [0.1, 0.15) is 32.3 Å². The van der Waals surface area contributed by atoms with Crippen molar-refractivity contribution in [3.63, 3.8) is 0 Å². The summed E-state index contributed by atoms with van der Waals surface area (Å²) >= 11 is 6.05. The minimum Gasteiger partial charge on any atom is -0.388 e. The molecular weight excluding hydrogens is 268 g/mol. The lowest BCUT2D eigenvalue weighted by molar-refractivity contribution is -0.384. The van der Waals surface area contributed by atoms with Gasteiger partial charge in [-0.2, -0.15) is 0 Å². The molecule has 0 unspecified atom stereocenters. The maximum absolute atomic E-state index is 10.7. The largest absolute Gasteiger partial charge is 0.388 e. The van der Waals surface area contributed by atoms with E-state index in [2.05, 4.69) is 5.32 Å². The number of anilines is 1. The molecule has 5 nitrogen and oxygen atoms in total. The van der Waals surface area contributed by atoms with Crippen LogP contribution >= 0.6 is 11.6 Å². The standard InChI is InChI=1S/C13H19ClN2O3/c1-4-13(17,5-2)8-15-12-9(3)6-10(16(18)19)7-11(12)14/h6-7,15,17H,4-5,8H2,1-3H3. The molecule has 0 aliphatic rings. The first-order valence-electron chi connectivity index (χ1n) is 6.23. The van der Waals surface area contributed by atoms with E-state index < -0.39 is 10.5 Å². The molecule has 0 saturated heterocycles. The molecule has 0 aromatic heterocycles. The van der Waals surface area contributed by atoms with Crippen LogP contribution in [-0.4, -0.2) is 22.2 Å². The molecule has 0 fully saturated rings. The summed E-state index contributed by atoms with van der Waals surface area (Å²) in [5.41, 5.74) is 0.494. The fourth-order valence-corrected chi connectivity index (χ4v) is 2.14. The highest BCUT2D eigenvalue weighted by atomic mass is 35.5. The molecule has 0 heterocycles. The number of nitrogens with zero attached hydrogens (tertiary/aromatic N) is 1. The molecule has 0 saturated carbocycles. The number of nitro groups is 1. The Balaban J connectivity index is 2.94. The van der Waals surface area contributed by atoms with E-state index in [0.717, 1.165) is 0 Å². The van der Waals surface area contributed by atoms with Gasteiger partial charge in [0.2, 0.25) is 0 Å². The lowest BCUT2D eigenvalue weighted by Crippen LogP contribution is -2.35. The van der Waals surface area contributed by atoms with Crippen molar-refractivity contribution in [1.82, 2.24) is 0 Å². The molecular formula is C13H19ClN2O3. The quantitative estimate of drug-likeness (QED) is 0.620. The molecule has 0 amide bonds. The van der Waals surface area contributed by atoms with Crippen LogP contribution in [0.3, 0.4) is 0 Å². The third-order valence-corrected chi connectivity index (χ3v) is 3.69. The van der Waals surface area contributed by atoms with Gasteiger partial charge in [-0.15, -0.1) is 0 Å². The summed E-state index contributed by atoms with van der Waals surface area (Å²) in [4.78, 5) is 10.2. The number of nitro benzene ring substituents is 1. The summed E-state index contributed by atoms with van der Waals surface area (Å²) in [5.74, 6) is 0. The molecule has 0 aliphatic heterocycles. The number of hydrogen-bond acceptors (Lipinski definition) is 4. The summed E-state index contributed by atoms with van der Waals surface area (Å²) in [6, 6.07) is 2.78. The predicted molar refractivity (Wildman–Crippen MR) is 76.9 cm³/mol. The topological polar surface area (TPSA) is 75.4 Å². The highest BCUT2D eigenvalue weighted by Crippen LogP contribution is 2.31. The van der Waals surface area contributed by atoms with Crippen molar-refractivity contribution in [3.05, 3.63) is 32.8 Å². The van der Waals surface area contributed by atoms with Crippen LogP contribution < -0.4 is 5.32 Å². The average Bonchev–Trinajstić information content (AvgIpc) is 2.37. The van der Waals surface area contributed by atoms with Gasteiger partial charge in [0.15, 0.2) is 0 Å². The van der Waals surface area contributed by atoms with E-state index in [1.807, 2.05) is 13.8 Å². The minimum absolute atomic E-state index is 0.0331. The number of nitrogens with one attached hydrogen (secondary N) is 1. The van der Waals surface area contributed by atoms with E-state index in [-0.39, 0.29) is 5.69 Å². The van der Waals surface area contributed by atoms with Gasteiger partial charge < -0.3 is 10.4 Å². The van der Waals surface area contributed by atoms with Crippen LogP contribution in [0.25, 0.3) is 0 Å². The Morgan fingerprint density at radius 3 is 2.42 bits per heavy atom. The van der Waals surface area contributed by atoms with E-state index in [1.54, 1.807) is 6.92 Å². The second-order valence-electron chi connectivity index (χ2n) is 4.66. The number of non-ortho nitro benzene ring substituents is 1. The molecule has 19 heavy (non-hydrogen) atoms. The summed E-state index contributed by atoms with van der Waals surface area (Å²) in [6.07, 6.45) is 1.25. The Bertz CT molecular complexity index is 450. The molecule has 0 aliphatic carbocycles. The number of hydrogen-bond donors (Lipinski definition) is 2.